The van der Waals surface area contributed by atoms with Crippen LogP contribution in [-0.4, -0.2) is 24.8 Å². The van der Waals surface area contributed by atoms with E-state index in [0.29, 0.717) is 0 Å². The predicted octanol–water partition coefficient (Wildman–Crippen LogP) is 1.83. The first-order valence-corrected chi connectivity index (χ1v) is 5.22. The van der Waals surface area contributed by atoms with Crippen molar-refractivity contribution in [2.24, 2.45) is 0 Å². The molecule has 1 fully saturated rings. The molecule has 1 heterocycles. The summed E-state index contributed by atoms with van der Waals surface area (Å²) in [5.74, 6) is -0.417. The molecule has 0 amide bonds. The van der Waals surface area contributed by atoms with Crippen LogP contribution in [0.15, 0.2) is 30.3 Å². The Balaban J connectivity index is 2.09. The summed E-state index contributed by atoms with van der Waals surface area (Å²) in [4.78, 5) is 21.8. The van der Waals surface area contributed by atoms with E-state index < -0.39 is 24.3 Å². The van der Waals surface area contributed by atoms with Crippen molar-refractivity contribution in [3.05, 3.63) is 35.9 Å². The highest BCUT2D eigenvalue weighted by atomic mass is 16.8. The zero-order chi connectivity index (χ0) is 12.3. The van der Waals surface area contributed by atoms with Crippen molar-refractivity contribution in [3.8, 4) is 0 Å². The lowest BCUT2D eigenvalue weighted by atomic mass is 10.1. The molecule has 5 nitrogen and oxygen atoms in total. The summed E-state index contributed by atoms with van der Waals surface area (Å²) in [7, 11) is 0. The van der Waals surface area contributed by atoms with Crippen molar-refractivity contribution in [2.45, 2.75) is 19.1 Å². The minimum Gasteiger partial charge on any atom is -0.462 e. The summed E-state index contributed by atoms with van der Waals surface area (Å²) in [5, 5.41) is 0. The van der Waals surface area contributed by atoms with Gasteiger partial charge in [-0.2, -0.15) is 0 Å². The van der Waals surface area contributed by atoms with E-state index in [1.807, 2.05) is 30.3 Å². The second kappa shape index (κ2) is 4.86. The number of rotatable bonds is 3. The van der Waals surface area contributed by atoms with Crippen LogP contribution < -0.4 is 0 Å². The van der Waals surface area contributed by atoms with Crippen LogP contribution in [0.3, 0.4) is 0 Å². The molecule has 90 valence electrons. The van der Waals surface area contributed by atoms with Gasteiger partial charge in [0.2, 0.25) is 0 Å². The second-order valence-corrected chi connectivity index (χ2v) is 3.66. The topological polar surface area (TPSA) is 61.8 Å². The molecule has 1 aliphatic rings. The van der Waals surface area contributed by atoms with Crippen LogP contribution in [0.2, 0.25) is 0 Å². The number of cyclic esters (lactones) is 2. The molecule has 0 spiro atoms. The van der Waals surface area contributed by atoms with Crippen LogP contribution in [0.4, 0.5) is 4.79 Å². The van der Waals surface area contributed by atoms with Crippen LogP contribution in [0.5, 0.6) is 0 Å². The average Bonchev–Trinajstić information content (AvgIpc) is 2.69. The van der Waals surface area contributed by atoms with Gasteiger partial charge >= 0.3 is 12.1 Å². The van der Waals surface area contributed by atoms with Gasteiger partial charge in [0.05, 0.1) is 0 Å². The minimum atomic E-state index is -0.740. The number of hydrogen-bond donors (Lipinski definition) is 0. The van der Waals surface area contributed by atoms with Crippen LogP contribution in [0, 0.1) is 0 Å². The first-order chi connectivity index (χ1) is 8.16. The summed E-state index contributed by atoms with van der Waals surface area (Å²) in [5.41, 5.74) is 0.815. The molecule has 5 heteroatoms. The molecule has 0 unspecified atom stereocenters. The van der Waals surface area contributed by atoms with Gasteiger partial charge in [-0.05, 0) is 5.56 Å². The first-order valence-electron chi connectivity index (χ1n) is 5.22. The van der Waals surface area contributed by atoms with Gasteiger partial charge in [0, 0.05) is 6.92 Å². The van der Waals surface area contributed by atoms with Crippen molar-refractivity contribution in [3.63, 3.8) is 0 Å². The fraction of sp³-hybridized carbons (Fsp3) is 0.333. The molecule has 2 atom stereocenters. The number of carbonyl (C=O) groups excluding carboxylic acids is 2. The molecule has 0 bridgehead atoms. The third-order valence-corrected chi connectivity index (χ3v) is 2.39. The Labute approximate surface area is 98.3 Å². The zero-order valence-electron chi connectivity index (χ0n) is 9.29. The van der Waals surface area contributed by atoms with E-state index in [1.54, 1.807) is 0 Å². The Bertz CT molecular complexity index is 414. The van der Waals surface area contributed by atoms with Crippen LogP contribution >= 0.6 is 0 Å². The van der Waals surface area contributed by atoms with E-state index >= 15 is 0 Å². The SMILES string of the molecule is CC(=O)OC[C@H]1OC(=O)O[C@H]1c1ccccc1. The van der Waals surface area contributed by atoms with Gasteiger partial charge in [-0.1, -0.05) is 30.3 Å². The van der Waals surface area contributed by atoms with Crippen molar-refractivity contribution in [1.82, 2.24) is 0 Å². The number of ether oxygens (including phenoxy) is 3. The molecular weight excluding hydrogens is 224 g/mol. The monoisotopic (exact) mass is 236 g/mol. The Morgan fingerprint density at radius 1 is 1.29 bits per heavy atom. The molecule has 1 saturated heterocycles. The Morgan fingerprint density at radius 2 is 2.00 bits per heavy atom. The van der Waals surface area contributed by atoms with Crippen LogP contribution in [0.25, 0.3) is 0 Å². The van der Waals surface area contributed by atoms with Crippen molar-refractivity contribution in [1.29, 1.82) is 0 Å². The molecule has 0 N–H and O–H groups in total. The number of hydrogen-bond acceptors (Lipinski definition) is 5. The smallest absolute Gasteiger partial charge is 0.462 e. The third-order valence-electron chi connectivity index (χ3n) is 2.39. The van der Waals surface area contributed by atoms with Gasteiger partial charge in [0.15, 0.2) is 12.2 Å². The first kappa shape index (κ1) is 11.4. The van der Waals surface area contributed by atoms with Crippen molar-refractivity contribution in [2.75, 3.05) is 6.61 Å². The van der Waals surface area contributed by atoms with Crippen molar-refractivity contribution >= 4 is 12.1 Å². The second-order valence-electron chi connectivity index (χ2n) is 3.66. The fourth-order valence-corrected chi connectivity index (χ4v) is 1.64. The molecule has 0 radical (unpaired) electrons. The van der Waals surface area contributed by atoms with Gasteiger partial charge in [0.1, 0.15) is 6.61 Å². The summed E-state index contributed by atoms with van der Waals surface area (Å²) >= 11 is 0. The van der Waals surface area contributed by atoms with Crippen molar-refractivity contribution < 1.29 is 23.8 Å². The average molecular weight is 236 g/mol. The molecule has 0 aromatic heterocycles. The molecule has 1 aromatic rings. The van der Waals surface area contributed by atoms with Gasteiger partial charge < -0.3 is 14.2 Å². The quantitative estimate of drug-likeness (QED) is 0.749. The van der Waals surface area contributed by atoms with E-state index in [9.17, 15) is 9.59 Å². The molecule has 2 rings (SSSR count). The zero-order valence-corrected chi connectivity index (χ0v) is 9.29. The Morgan fingerprint density at radius 3 is 2.65 bits per heavy atom. The summed E-state index contributed by atoms with van der Waals surface area (Å²) in [6, 6.07) is 9.19. The largest absolute Gasteiger partial charge is 0.509 e. The number of benzene rings is 1. The minimum absolute atomic E-state index is 0.000629. The molecule has 0 saturated carbocycles. The van der Waals surface area contributed by atoms with E-state index in [0.717, 1.165) is 5.56 Å². The van der Waals surface area contributed by atoms with E-state index in [1.165, 1.54) is 6.92 Å². The lowest BCUT2D eigenvalue weighted by Gasteiger charge is -2.15. The lowest BCUT2D eigenvalue weighted by Crippen LogP contribution is -2.23. The van der Waals surface area contributed by atoms with E-state index in [-0.39, 0.29) is 6.61 Å². The highest BCUT2D eigenvalue weighted by Crippen LogP contribution is 2.30. The molecular formula is C12H12O5. The normalized spacial score (nSPS) is 22.8. The number of esters is 1. The van der Waals surface area contributed by atoms with E-state index in [2.05, 4.69) is 0 Å². The maximum absolute atomic E-state index is 11.1. The highest BCUT2D eigenvalue weighted by Gasteiger charge is 2.38. The molecule has 1 aromatic carbocycles. The fourth-order valence-electron chi connectivity index (χ4n) is 1.64. The standard InChI is InChI=1S/C12H12O5/c1-8(13)15-7-10-11(17-12(14)16-10)9-5-3-2-4-6-9/h2-6,10-11H,7H2,1H3/t10-,11+/m1/s1. The van der Waals surface area contributed by atoms with Crippen LogP contribution in [0.1, 0.15) is 18.6 Å². The number of carbonyl (C=O) groups is 2. The lowest BCUT2D eigenvalue weighted by molar-refractivity contribution is -0.143. The highest BCUT2D eigenvalue weighted by molar-refractivity contribution is 5.66. The van der Waals surface area contributed by atoms with Gasteiger partial charge in [-0.3, -0.25) is 4.79 Å². The summed E-state index contributed by atoms with van der Waals surface area (Å²) < 4.78 is 14.8. The van der Waals surface area contributed by atoms with Gasteiger partial charge in [-0.25, -0.2) is 4.79 Å². The van der Waals surface area contributed by atoms with E-state index in [4.69, 9.17) is 14.2 Å². The molecule has 1 aliphatic heterocycles. The predicted molar refractivity (Wildman–Crippen MR) is 57.2 cm³/mol. The van der Waals surface area contributed by atoms with Gasteiger partial charge in [-0.15, -0.1) is 0 Å². The van der Waals surface area contributed by atoms with Crippen LogP contribution in [-0.2, 0) is 19.0 Å². The van der Waals surface area contributed by atoms with Gasteiger partial charge in [0.25, 0.3) is 0 Å². The molecule has 17 heavy (non-hydrogen) atoms. The molecule has 0 aliphatic carbocycles. The Hall–Kier alpha value is -2.04. The Kier molecular flexibility index (Phi) is 3.27. The summed E-state index contributed by atoms with van der Waals surface area (Å²) in [6.45, 7) is 1.30. The third kappa shape index (κ3) is 2.75. The summed E-state index contributed by atoms with van der Waals surface area (Å²) in [6.07, 6.45) is -1.85. The maximum atomic E-state index is 11.1. The maximum Gasteiger partial charge on any atom is 0.509 e.